The van der Waals surface area contributed by atoms with E-state index in [4.69, 9.17) is 0 Å². The summed E-state index contributed by atoms with van der Waals surface area (Å²) in [7, 11) is 0. The van der Waals surface area contributed by atoms with E-state index in [1.165, 1.54) is 49.4 Å². The number of hydrogen-bond acceptors (Lipinski definition) is 0. The number of halogens is 1. The first-order valence-electron chi connectivity index (χ1n) is 4.47. The highest BCUT2D eigenvalue weighted by Gasteiger charge is 1.87. The van der Waals surface area contributed by atoms with Crippen LogP contribution in [-0.2, 0) is 0 Å². The second-order valence-electron chi connectivity index (χ2n) is 2.81. The molecule has 0 aromatic carbocycles. The molecule has 0 atom stereocenters. The minimum Gasteiger partial charge on any atom is -0.0864 e. The van der Waals surface area contributed by atoms with Crippen LogP contribution in [0.5, 0.6) is 0 Å². The van der Waals surface area contributed by atoms with Crippen molar-refractivity contribution in [2.45, 2.75) is 51.9 Å². The summed E-state index contributed by atoms with van der Waals surface area (Å²) in [5, 5.41) is 0. The molecule has 0 aliphatic heterocycles. The Morgan fingerprint density at radius 1 is 0.818 bits per heavy atom. The molecule has 0 aliphatic carbocycles. The summed E-state index contributed by atoms with van der Waals surface area (Å²) in [6, 6.07) is 0. The fourth-order valence-corrected chi connectivity index (χ4v) is 1.59. The Kier molecular flexibility index (Phi) is 19.1. The van der Waals surface area contributed by atoms with Crippen LogP contribution < -0.4 is 0 Å². The average molecular weight is 280 g/mol. The predicted molar refractivity (Wildman–Crippen MR) is 65.4 cm³/mol. The van der Waals surface area contributed by atoms with E-state index in [0.29, 0.717) is 0 Å². The Morgan fingerprint density at radius 3 is 1.73 bits per heavy atom. The Hall–Kier alpha value is 1.50. The maximum Gasteiger partial charge on any atom is 0.316 e. The van der Waals surface area contributed by atoms with E-state index in [0.717, 1.165) is 0 Å². The minimum absolute atomic E-state index is 0. The molecule has 0 heterocycles. The molecular formula is C9H21IMg. The van der Waals surface area contributed by atoms with Gasteiger partial charge in [0.1, 0.15) is 0 Å². The summed E-state index contributed by atoms with van der Waals surface area (Å²) in [6.45, 7) is 2.27. The van der Waals surface area contributed by atoms with E-state index in [9.17, 15) is 0 Å². The number of hydrogen-bond donors (Lipinski definition) is 0. The zero-order valence-corrected chi connectivity index (χ0v) is 9.19. The maximum absolute atomic E-state index is 2.46. The van der Waals surface area contributed by atoms with Crippen LogP contribution in [0.25, 0.3) is 0 Å². The van der Waals surface area contributed by atoms with Crippen molar-refractivity contribution in [2.24, 2.45) is 0 Å². The minimum atomic E-state index is 0. The molecule has 2 heteroatoms. The number of alkyl halides is 1. The van der Waals surface area contributed by atoms with E-state index in [1.54, 1.807) is 0 Å². The van der Waals surface area contributed by atoms with Crippen LogP contribution in [0.1, 0.15) is 51.9 Å². The van der Waals surface area contributed by atoms with Gasteiger partial charge in [0.15, 0.2) is 0 Å². The van der Waals surface area contributed by atoms with Crippen LogP contribution >= 0.6 is 22.6 Å². The van der Waals surface area contributed by atoms with Crippen molar-refractivity contribution >= 4 is 45.6 Å². The van der Waals surface area contributed by atoms with Crippen LogP contribution in [0.2, 0.25) is 0 Å². The largest absolute Gasteiger partial charge is 0.316 e. The summed E-state index contributed by atoms with van der Waals surface area (Å²) in [5.74, 6) is 0. The van der Waals surface area contributed by atoms with Gasteiger partial charge < -0.3 is 0 Å². The van der Waals surface area contributed by atoms with Gasteiger partial charge in [-0.1, -0.05) is 68.0 Å². The molecule has 0 aromatic rings. The lowest BCUT2D eigenvalue weighted by atomic mass is 10.1. The Labute approximate surface area is 101 Å². The fourth-order valence-electron chi connectivity index (χ4n) is 1.05. The molecule has 0 radical (unpaired) electrons. The summed E-state index contributed by atoms with van der Waals surface area (Å²) in [6.07, 6.45) is 10.1. The van der Waals surface area contributed by atoms with Gasteiger partial charge in [0.2, 0.25) is 0 Å². The summed E-state index contributed by atoms with van der Waals surface area (Å²) >= 11 is 2.46. The van der Waals surface area contributed by atoms with Crippen molar-refractivity contribution in [3.05, 3.63) is 0 Å². The zero-order valence-electron chi connectivity index (χ0n) is 7.03. The monoisotopic (exact) mass is 280 g/mol. The van der Waals surface area contributed by atoms with Crippen LogP contribution in [-0.4, -0.2) is 27.5 Å². The summed E-state index contributed by atoms with van der Waals surface area (Å²) < 4.78 is 1.34. The Bertz CT molecular complexity index is 49.5. The highest BCUT2D eigenvalue weighted by Crippen LogP contribution is 2.07. The molecule has 0 rings (SSSR count). The van der Waals surface area contributed by atoms with Gasteiger partial charge in [-0.25, -0.2) is 0 Å². The first-order chi connectivity index (χ1) is 4.91. The second kappa shape index (κ2) is 14.0. The van der Waals surface area contributed by atoms with Gasteiger partial charge in [-0.3, -0.25) is 0 Å². The van der Waals surface area contributed by atoms with Gasteiger partial charge in [-0.2, -0.15) is 0 Å². The molecular weight excluding hydrogens is 259 g/mol. The molecule has 66 valence electrons. The van der Waals surface area contributed by atoms with Crippen LogP contribution in [0.4, 0.5) is 0 Å². The van der Waals surface area contributed by atoms with Crippen molar-refractivity contribution in [1.29, 1.82) is 0 Å². The van der Waals surface area contributed by atoms with Crippen molar-refractivity contribution in [3.8, 4) is 0 Å². The van der Waals surface area contributed by atoms with Crippen LogP contribution in [0.15, 0.2) is 0 Å². The molecule has 0 unspecified atom stereocenters. The molecule has 0 amide bonds. The smallest absolute Gasteiger partial charge is 0.0864 e. The zero-order chi connectivity index (χ0) is 7.66. The second-order valence-corrected chi connectivity index (χ2v) is 3.89. The lowest BCUT2D eigenvalue weighted by Gasteiger charge is -1.97. The van der Waals surface area contributed by atoms with Crippen LogP contribution in [0.3, 0.4) is 0 Å². The molecule has 0 aromatic heterocycles. The van der Waals surface area contributed by atoms with Crippen molar-refractivity contribution in [2.75, 3.05) is 4.43 Å². The maximum atomic E-state index is 2.46. The molecule has 0 bridgehead atoms. The standard InChI is InChI=1S/C9H19I.Mg.2H/c1-2-3-4-5-6-7-8-9-10;;;/h2-9H2,1H3;;;. The fraction of sp³-hybridized carbons (Fsp3) is 1.00. The lowest BCUT2D eigenvalue weighted by molar-refractivity contribution is 0.605. The SMILES string of the molecule is CCCCCCCCCI.[MgH2]. The van der Waals surface area contributed by atoms with E-state index < -0.39 is 0 Å². The van der Waals surface area contributed by atoms with Gasteiger partial charge >= 0.3 is 23.1 Å². The molecule has 0 nitrogen and oxygen atoms in total. The van der Waals surface area contributed by atoms with Gasteiger partial charge in [0.25, 0.3) is 0 Å². The first-order valence-corrected chi connectivity index (χ1v) is 6.00. The normalized spacial score (nSPS) is 9.27. The van der Waals surface area contributed by atoms with Crippen molar-refractivity contribution in [3.63, 3.8) is 0 Å². The Morgan fingerprint density at radius 2 is 1.27 bits per heavy atom. The molecule has 11 heavy (non-hydrogen) atoms. The Balaban J connectivity index is 0. The summed E-state index contributed by atoms with van der Waals surface area (Å²) in [5.41, 5.74) is 0. The van der Waals surface area contributed by atoms with Crippen LogP contribution in [0, 0.1) is 0 Å². The van der Waals surface area contributed by atoms with E-state index in [-0.39, 0.29) is 23.1 Å². The average Bonchev–Trinajstić information content (AvgIpc) is 1.97. The van der Waals surface area contributed by atoms with Gasteiger partial charge in [0, 0.05) is 0 Å². The molecule has 0 fully saturated rings. The first kappa shape index (κ1) is 15.0. The third-order valence-electron chi connectivity index (χ3n) is 1.74. The molecule has 0 saturated carbocycles. The highest BCUT2D eigenvalue weighted by atomic mass is 127. The third-order valence-corrected chi connectivity index (χ3v) is 2.50. The van der Waals surface area contributed by atoms with Crippen molar-refractivity contribution < 1.29 is 0 Å². The molecule has 0 N–H and O–H groups in total. The quantitative estimate of drug-likeness (QED) is 0.291. The predicted octanol–water partition coefficient (Wildman–Crippen LogP) is 3.26. The lowest BCUT2D eigenvalue weighted by Crippen LogP contribution is -1.79. The van der Waals surface area contributed by atoms with Gasteiger partial charge in [-0.15, -0.1) is 0 Å². The molecule has 0 aliphatic rings. The van der Waals surface area contributed by atoms with E-state index in [1.807, 2.05) is 0 Å². The van der Waals surface area contributed by atoms with Gasteiger partial charge in [0.05, 0.1) is 0 Å². The topological polar surface area (TPSA) is 0 Å². The third kappa shape index (κ3) is 14.4. The van der Waals surface area contributed by atoms with Crippen molar-refractivity contribution in [1.82, 2.24) is 0 Å². The van der Waals surface area contributed by atoms with E-state index >= 15 is 0 Å². The number of rotatable bonds is 7. The van der Waals surface area contributed by atoms with E-state index in [2.05, 4.69) is 29.5 Å². The molecule has 0 saturated heterocycles. The summed E-state index contributed by atoms with van der Waals surface area (Å²) in [4.78, 5) is 0. The highest BCUT2D eigenvalue weighted by molar-refractivity contribution is 14.1. The van der Waals surface area contributed by atoms with Gasteiger partial charge in [-0.05, 0) is 10.8 Å². The molecule has 0 spiro atoms. The number of unbranched alkanes of at least 4 members (excludes halogenated alkanes) is 6.